The van der Waals surface area contributed by atoms with E-state index in [-0.39, 0.29) is 5.66 Å². The molecule has 0 N–H and O–H groups in total. The third-order valence-corrected chi connectivity index (χ3v) is 6.51. The van der Waals surface area contributed by atoms with Gasteiger partial charge >= 0.3 is 7.80 Å². The molecular weight excluding hydrogens is 279 g/mol. The van der Waals surface area contributed by atoms with Crippen molar-refractivity contribution in [2.75, 3.05) is 6.16 Å². The Morgan fingerprint density at radius 3 is 2.48 bits per heavy atom. The predicted octanol–water partition coefficient (Wildman–Crippen LogP) is 4.98. The van der Waals surface area contributed by atoms with Crippen molar-refractivity contribution in [3.05, 3.63) is 35.9 Å². The summed E-state index contributed by atoms with van der Waals surface area (Å²) < 4.78 is 12.4. The Morgan fingerprint density at radius 1 is 1.10 bits per heavy atom. The minimum Gasteiger partial charge on any atom is -0.298 e. The fourth-order valence-corrected chi connectivity index (χ4v) is 5.02. The standard InChI is InChI=1S/C18H26O2P/c19-15-18(17-12-5-2-6-13-17)21(20)14-8-7-11-16-9-3-1-4-10-16/h1,3-4,9-10,15,17-18H,2,5-8,11-14H2/q+1. The van der Waals surface area contributed by atoms with Crippen molar-refractivity contribution in [1.29, 1.82) is 0 Å². The van der Waals surface area contributed by atoms with Gasteiger partial charge in [-0.25, -0.2) is 0 Å². The van der Waals surface area contributed by atoms with Crippen LogP contribution in [0, 0.1) is 5.92 Å². The molecule has 2 atom stereocenters. The second-order valence-electron chi connectivity index (χ2n) is 6.11. The van der Waals surface area contributed by atoms with Gasteiger partial charge in [0.2, 0.25) is 5.66 Å². The Hall–Kier alpha value is -1.01. The Kier molecular flexibility index (Phi) is 7.09. The first-order valence-electron chi connectivity index (χ1n) is 8.24. The van der Waals surface area contributed by atoms with Crippen LogP contribution in [0.25, 0.3) is 0 Å². The summed E-state index contributed by atoms with van der Waals surface area (Å²) in [4.78, 5) is 11.3. The highest BCUT2D eigenvalue weighted by atomic mass is 31.1. The van der Waals surface area contributed by atoms with Crippen LogP contribution >= 0.6 is 7.80 Å². The topological polar surface area (TPSA) is 34.1 Å². The van der Waals surface area contributed by atoms with Gasteiger partial charge in [-0.1, -0.05) is 54.2 Å². The van der Waals surface area contributed by atoms with E-state index in [1.165, 1.54) is 24.8 Å². The lowest BCUT2D eigenvalue weighted by atomic mass is 9.87. The minimum atomic E-state index is -1.37. The average Bonchev–Trinajstić information content (AvgIpc) is 2.54. The van der Waals surface area contributed by atoms with E-state index in [0.29, 0.717) is 12.1 Å². The molecule has 2 rings (SSSR count). The van der Waals surface area contributed by atoms with Gasteiger partial charge in [0, 0.05) is 5.92 Å². The van der Waals surface area contributed by atoms with Crippen LogP contribution in [0.4, 0.5) is 0 Å². The van der Waals surface area contributed by atoms with Crippen LogP contribution < -0.4 is 0 Å². The van der Waals surface area contributed by atoms with Gasteiger partial charge in [-0.05, 0) is 37.7 Å². The van der Waals surface area contributed by atoms with E-state index in [4.69, 9.17) is 0 Å². The van der Waals surface area contributed by atoms with Gasteiger partial charge in [-0.2, -0.15) is 0 Å². The maximum atomic E-state index is 12.4. The first-order valence-corrected chi connectivity index (χ1v) is 9.75. The van der Waals surface area contributed by atoms with Crippen LogP contribution in [0.2, 0.25) is 0 Å². The van der Waals surface area contributed by atoms with E-state index in [1.807, 2.05) is 6.07 Å². The molecule has 0 bridgehead atoms. The number of hydrogen-bond donors (Lipinski definition) is 0. The molecule has 1 aliphatic carbocycles. The number of rotatable bonds is 8. The molecule has 1 aromatic carbocycles. The predicted molar refractivity (Wildman–Crippen MR) is 88.3 cm³/mol. The van der Waals surface area contributed by atoms with Crippen LogP contribution in [0.1, 0.15) is 50.5 Å². The first kappa shape index (κ1) is 16.4. The summed E-state index contributed by atoms with van der Waals surface area (Å²) in [6.45, 7) is 0. The molecule has 0 heterocycles. The van der Waals surface area contributed by atoms with Gasteiger partial charge in [0.25, 0.3) is 0 Å². The zero-order valence-corrected chi connectivity index (χ0v) is 13.6. The molecule has 0 spiro atoms. The number of unbranched alkanes of at least 4 members (excludes halogenated alkanes) is 1. The summed E-state index contributed by atoms with van der Waals surface area (Å²) in [5.41, 5.74) is 1.16. The molecule has 0 saturated heterocycles. The van der Waals surface area contributed by atoms with Crippen molar-refractivity contribution in [2.45, 2.75) is 57.0 Å². The molecule has 2 nitrogen and oxygen atoms in total. The van der Waals surface area contributed by atoms with E-state index in [9.17, 15) is 9.36 Å². The normalized spacial score (nSPS) is 18.2. The molecule has 0 aromatic heterocycles. The molecule has 3 heteroatoms. The fourth-order valence-electron chi connectivity index (χ4n) is 3.28. The van der Waals surface area contributed by atoms with Crippen LogP contribution in [0.3, 0.4) is 0 Å². The first-order chi connectivity index (χ1) is 10.3. The number of carbonyl (C=O) groups is 1. The Morgan fingerprint density at radius 2 is 1.81 bits per heavy atom. The zero-order valence-electron chi connectivity index (χ0n) is 12.7. The number of carbonyl (C=O) groups excluding carboxylic acids is 1. The quantitative estimate of drug-likeness (QED) is 0.385. The average molecular weight is 305 g/mol. The smallest absolute Gasteiger partial charge is 0.298 e. The molecule has 0 radical (unpaired) electrons. The van der Waals surface area contributed by atoms with Crippen molar-refractivity contribution in [3.63, 3.8) is 0 Å². The lowest BCUT2D eigenvalue weighted by Crippen LogP contribution is -2.22. The van der Waals surface area contributed by atoms with Crippen LogP contribution in [-0.2, 0) is 15.8 Å². The highest BCUT2D eigenvalue weighted by Gasteiger charge is 2.37. The van der Waals surface area contributed by atoms with Crippen molar-refractivity contribution in [3.8, 4) is 0 Å². The number of hydrogen-bond acceptors (Lipinski definition) is 2. The molecule has 1 fully saturated rings. The summed E-state index contributed by atoms with van der Waals surface area (Å²) in [6, 6.07) is 10.4. The Balaban J connectivity index is 1.71. The maximum absolute atomic E-state index is 12.4. The van der Waals surface area contributed by atoms with E-state index in [0.717, 1.165) is 38.4 Å². The van der Waals surface area contributed by atoms with Gasteiger partial charge in [0.1, 0.15) is 6.16 Å². The number of benzene rings is 1. The second kappa shape index (κ2) is 9.10. The molecule has 1 aromatic rings. The van der Waals surface area contributed by atoms with E-state index in [2.05, 4.69) is 24.3 Å². The molecule has 21 heavy (non-hydrogen) atoms. The summed E-state index contributed by atoms with van der Waals surface area (Å²) in [6.07, 6.45) is 10.6. The second-order valence-corrected chi connectivity index (χ2v) is 7.99. The third kappa shape index (κ3) is 5.36. The van der Waals surface area contributed by atoms with Crippen LogP contribution in [0.15, 0.2) is 30.3 Å². The van der Waals surface area contributed by atoms with Crippen molar-refractivity contribution in [2.24, 2.45) is 5.92 Å². The van der Waals surface area contributed by atoms with Crippen molar-refractivity contribution >= 4 is 14.1 Å². The molecule has 0 amide bonds. The summed E-state index contributed by atoms with van der Waals surface area (Å²) >= 11 is 0. The molecular formula is C18H26O2P+. The summed E-state index contributed by atoms with van der Waals surface area (Å²) in [5.74, 6) is 0.383. The Labute approximate surface area is 129 Å². The highest BCUT2D eigenvalue weighted by molar-refractivity contribution is 7.46. The van der Waals surface area contributed by atoms with Gasteiger partial charge < -0.3 is 0 Å². The number of aldehydes is 1. The van der Waals surface area contributed by atoms with Gasteiger partial charge in [0.05, 0.1) is 0 Å². The lowest BCUT2D eigenvalue weighted by Gasteiger charge is -2.21. The van der Waals surface area contributed by atoms with Gasteiger partial charge in [0.15, 0.2) is 6.29 Å². The molecule has 2 unspecified atom stereocenters. The van der Waals surface area contributed by atoms with Crippen LogP contribution in [0.5, 0.6) is 0 Å². The molecule has 1 aliphatic rings. The van der Waals surface area contributed by atoms with E-state index < -0.39 is 7.80 Å². The molecule has 1 saturated carbocycles. The largest absolute Gasteiger partial charge is 0.349 e. The number of aryl methyl sites for hydroxylation is 1. The third-order valence-electron chi connectivity index (χ3n) is 4.54. The molecule has 114 valence electrons. The fraction of sp³-hybridized carbons (Fsp3) is 0.611. The SMILES string of the molecule is O=CC(C1CCCCC1)[P+](=O)CCCCc1ccccc1. The van der Waals surface area contributed by atoms with E-state index >= 15 is 0 Å². The lowest BCUT2D eigenvalue weighted by molar-refractivity contribution is -0.108. The zero-order chi connectivity index (χ0) is 14.9. The monoisotopic (exact) mass is 305 g/mol. The summed E-state index contributed by atoms with van der Waals surface area (Å²) in [7, 11) is -1.37. The van der Waals surface area contributed by atoms with Crippen LogP contribution in [-0.4, -0.2) is 18.1 Å². The maximum Gasteiger partial charge on any atom is 0.349 e. The molecule has 0 aliphatic heterocycles. The van der Waals surface area contributed by atoms with Crippen molar-refractivity contribution < 1.29 is 9.36 Å². The highest BCUT2D eigenvalue weighted by Crippen LogP contribution is 2.39. The van der Waals surface area contributed by atoms with E-state index in [1.54, 1.807) is 0 Å². The van der Waals surface area contributed by atoms with Crippen molar-refractivity contribution in [1.82, 2.24) is 0 Å². The van der Waals surface area contributed by atoms with Gasteiger partial charge in [-0.3, -0.25) is 4.79 Å². The van der Waals surface area contributed by atoms with Gasteiger partial charge in [-0.15, -0.1) is 0 Å². The summed E-state index contributed by atoms with van der Waals surface area (Å²) in [5, 5.41) is 0. The Bertz CT molecular complexity index is 438. The minimum absolute atomic E-state index is 0.183.